The molecule has 0 spiro atoms. The molecule has 8 heteroatoms. The van der Waals surface area contributed by atoms with Crippen molar-refractivity contribution in [1.29, 1.82) is 0 Å². The van der Waals surface area contributed by atoms with Crippen LogP contribution in [0.15, 0.2) is 76.8 Å². The van der Waals surface area contributed by atoms with Gasteiger partial charge in [-0.1, -0.05) is 17.8 Å². The molecule has 0 saturated heterocycles. The fraction of sp³-hybridized carbons (Fsp3) is 0.100. The second-order valence-electron chi connectivity index (χ2n) is 5.92. The van der Waals surface area contributed by atoms with Crippen LogP contribution in [0, 0.1) is 6.92 Å². The van der Waals surface area contributed by atoms with E-state index in [0.29, 0.717) is 11.3 Å². The van der Waals surface area contributed by atoms with E-state index < -0.39 is 17.8 Å². The van der Waals surface area contributed by atoms with Crippen molar-refractivity contribution >= 4 is 29.2 Å². The number of anilines is 2. The summed E-state index contributed by atoms with van der Waals surface area (Å²) in [7, 11) is 0. The van der Waals surface area contributed by atoms with Gasteiger partial charge in [-0.05, 0) is 61.0 Å². The van der Waals surface area contributed by atoms with Crippen molar-refractivity contribution in [2.75, 3.05) is 10.6 Å². The van der Waals surface area contributed by atoms with E-state index in [4.69, 9.17) is 0 Å². The van der Waals surface area contributed by atoms with Crippen LogP contribution in [0.5, 0.6) is 0 Å². The lowest BCUT2D eigenvalue weighted by atomic mass is 10.1. The molecule has 2 amide bonds. The number of benzene rings is 2. The monoisotopic (exact) mass is 403 g/mol. The zero-order valence-electron chi connectivity index (χ0n) is 14.7. The molecule has 0 aliphatic carbocycles. The first-order valence-electron chi connectivity index (χ1n) is 8.25. The summed E-state index contributed by atoms with van der Waals surface area (Å²) in [5.41, 5.74) is 0.358. The lowest BCUT2D eigenvalue weighted by molar-refractivity contribution is -0.137. The molecule has 0 aliphatic rings. The van der Waals surface area contributed by atoms with Crippen molar-refractivity contribution in [2.45, 2.75) is 22.9 Å². The Bertz CT molecular complexity index is 961. The summed E-state index contributed by atoms with van der Waals surface area (Å²) in [6, 6.07) is 13.5. The Morgan fingerprint density at radius 2 is 1.57 bits per heavy atom. The average molecular weight is 403 g/mol. The van der Waals surface area contributed by atoms with E-state index in [1.807, 2.05) is 24.3 Å². The van der Waals surface area contributed by atoms with E-state index in [2.05, 4.69) is 15.6 Å². The van der Waals surface area contributed by atoms with E-state index in [0.717, 1.165) is 21.9 Å². The zero-order valence-corrected chi connectivity index (χ0v) is 15.6. The first kappa shape index (κ1) is 19.8. The SMILES string of the molecule is Cc1ccc(C(F)(F)F)cc1NC(=O)Nc1ccc(Sc2ccncc2)cc1. The Kier molecular flexibility index (Phi) is 5.89. The van der Waals surface area contributed by atoms with Gasteiger partial charge in [-0.25, -0.2) is 4.79 Å². The van der Waals surface area contributed by atoms with Crippen LogP contribution in [-0.4, -0.2) is 11.0 Å². The number of urea groups is 1. The van der Waals surface area contributed by atoms with Crippen LogP contribution < -0.4 is 10.6 Å². The molecule has 0 saturated carbocycles. The molecular formula is C20H16F3N3OS. The summed E-state index contributed by atoms with van der Waals surface area (Å²) in [5.74, 6) is 0. The molecule has 2 N–H and O–H groups in total. The number of nitrogens with zero attached hydrogens (tertiary/aromatic N) is 1. The van der Waals surface area contributed by atoms with Gasteiger partial charge in [0.2, 0.25) is 0 Å². The number of pyridine rings is 1. The minimum atomic E-state index is -4.47. The summed E-state index contributed by atoms with van der Waals surface area (Å²) < 4.78 is 38.5. The summed E-state index contributed by atoms with van der Waals surface area (Å²) in [6.07, 6.45) is -1.06. The summed E-state index contributed by atoms with van der Waals surface area (Å²) >= 11 is 1.55. The fourth-order valence-corrected chi connectivity index (χ4v) is 3.17. The van der Waals surface area contributed by atoms with Crippen LogP contribution in [0.25, 0.3) is 0 Å². The predicted molar refractivity (Wildman–Crippen MR) is 104 cm³/mol. The van der Waals surface area contributed by atoms with E-state index in [-0.39, 0.29) is 5.69 Å². The quantitative estimate of drug-likeness (QED) is 0.545. The minimum Gasteiger partial charge on any atom is -0.308 e. The standard InChI is InChI=1S/C20H16F3N3OS/c1-13-2-3-14(20(21,22)23)12-18(13)26-19(27)25-15-4-6-16(7-5-15)28-17-8-10-24-11-9-17/h2-12H,1H3,(H2,25,26,27). The number of amides is 2. The van der Waals surface area contributed by atoms with E-state index >= 15 is 0 Å². The molecule has 0 radical (unpaired) electrons. The van der Waals surface area contributed by atoms with Crippen LogP contribution in [0.4, 0.5) is 29.3 Å². The van der Waals surface area contributed by atoms with Crippen LogP contribution in [0.3, 0.4) is 0 Å². The topological polar surface area (TPSA) is 54.0 Å². The van der Waals surface area contributed by atoms with Crippen molar-refractivity contribution in [3.8, 4) is 0 Å². The highest BCUT2D eigenvalue weighted by molar-refractivity contribution is 7.99. The Balaban J connectivity index is 1.64. The van der Waals surface area contributed by atoms with Gasteiger partial charge in [0.1, 0.15) is 0 Å². The third-order valence-corrected chi connectivity index (χ3v) is 4.83. The maximum absolute atomic E-state index is 12.8. The molecule has 0 aliphatic heterocycles. The molecule has 3 rings (SSSR count). The average Bonchev–Trinajstić information content (AvgIpc) is 2.65. The van der Waals surface area contributed by atoms with Crippen molar-refractivity contribution in [2.24, 2.45) is 0 Å². The van der Waals surface area contributed by atoms with E-state index in [9.17, 15) is 18.0 Å². The lowest BCUT2D eigenvalue weighted by Gasteiger charge is -2.13. The first-order valence-corrected chi connectivity index (χ1v) is 9.07. The molecule has 144 valence electrons. The largest absolute Gasteiger partial charge is 0.416 e. The first-order chi connectivity index (χ1) is 13.3. The van der Waals surface area contributed by atoms with Gasteiger partial charge >= 0.3 is 12.2 Å². The number of carbonyl (C=O) groups is 1. The number of nitrogens with one attached hydrogen (secondary N) is 2. The second kappa shape index (κ2) is 8.35. The zero-order chi connectivity index (χ0) is 20.1. The van der Waals surface area contributed by atoms with E-state index in [1.54, 1.807) is 43.2 Å². The molecular weight excluding hydrogens is 387 g/mol. The Morgan fingerprint density at radius 3 is 2.21 bits per heavy atom. The number of carbonyl (C=O) groups excluding carboxylic acids is 1. The smallest absolute Gasteiger partial charge is 0.308 e. The van der Waals surface area contributed by atoms with Gasteiger partial charge in [0.15, 0.2) is 0 Å². The number of hydrogen-bond donors (Lipinski definition) is 2. The van der Waals surface area contributed by atoms with Crippen LogP contribution >= 0.6 is 11.8 Å². The second-order valence-corrected chi connectivity index (χ2v) is 7.06. The van der Waals surface area contributed by atoms with Gasteiger partial charge in [-0.2, -0.15) is 13.2 Å². The number of hydrogen-bond acceptors (Lipinski definition) is 3. The molecule has 0 bridgehead atoms. The molecule has 1 aromatic heterocycles. The minimum absolute atomic E-state index is 0.109. The molecule has 0 unspecified atom stereocenters. The van der Waals surface area contributed by atoms with Gasteiger partial charge in [0.25, 0.3) is 0 Å². The van der Waals surface area contributed by atoms with Crippen molar-refractivity contribution in [3.63, 3.8) is 0 Å². The van der Waals surface area contributed by atoms with Gasteiger partial charge in [-0.3, -0.25) is 4.98 Å². The van der Waals surface area contributed by atoms with Crippen LogP contribution in [0.1, 0.15) is 11.1 Å². The van der Waals surface area contributed by atoms with Crippen molar-refractivity contribution in [3.05, 3.63) is 78.1 Å². The van der Waals surface area contributed by atoms with Crippen LogP contribution in [-0.2, 0) is 6.18 Å². The number of halogens is 3. The van der Waals surface area contributed by atoms with Crippen molar-refractivity contribution in [1.82, 2.24) is 4.98 Å². The van der Waals surface area contributed by atoms with Gasteiger partial charge in [-0.15, -0.1) is 0 Å². The van der Waals surface area contributed by atoms with Crippen LogP contribution in [0.2, 0.25) is 0 Å². The Labute approximate surface area is 164 Å². The number of aryl methyl sites for hydroxylation is 1. The van der Waals surface area contributed by atoms with E-state index in [1.165, 1.54) is 6.07 Å². The van der Waals surface area contributed by atoms with Gasteiger partial charge in [0, 0.05) is 33.6 Å². The van der Waals surface area contributed by atoms with Gasteiger partial charge < -0.3 is 10.6 Å². The third-order valence-electron chi connectivity index (χ3n) is 3.81. The Hall–Kier alpha value is -3.00. The molecule has 0 atom stereocenters. The highest BCUT2D eigenvalue weighted by atomic mass is 32.2. The molecule has 4 nitrogen and oxygen atoms in total. The fourth-order valence-electron chi connectivity index (χ4n) is 2.37. The third kappa shape index (κ3) is 5.26. The molecule has 2 aromatic carbocycles. The lowest BCUT2D eigenvalue weighted by Crippen LogP contribution is -2.20. The highest BCUT2D eigenvalue weighted by Crippen LogP contribution is 2.32. The predicted octanol–water partition coefficient (Wildman–Crippen LogP) is 6.20. The summed E-state index contributed by atoms with van der Waals surface area (Å²) in [5, 5.41) is 5.08. The maximum Gasteiger partial charge on any atom is 0.416 e. The number of alkyl halides is 3. The molecule has 1 heterocycles. The normalized spacial score (nSPS) is 11.1. The maximum atomic E-state index is 12.8. The van der Waals surface area contributed by atoms with Gasteiger partial charge in [0.05, 0.1) is 5.56 Å². The number of aromatic nitrogens is 1. The Morgan fingerprint density at radius 1 is 0.929 bits per heavy atom. The summed E-state index contributed by atoms with van der Waals surface area (Å²) in [4.78, 5) is 18.1. The molecule has 28 heavy (non-hydrogen) atoms. The van der Waals surface area contributed by atoms with Crippen molar-refractivity contribution < 1.29 is 18.0 Å². The number of rotatable bonds is 4. The molecule has 0 fully saturated rings. The summed E-state index contributed by atoms with van der Waals surface area (Å²) in [6.45, 7) is 1.63. The molecule has 3 aromatic rings. The highest BCUT2D eigenvalue weighted by Gasteiger charge is 2.30.